The number of benzene rings is 4. The smallest absolute Gasteiger partial charge is 0.0366 e. The van der Waals surface area contributed by atoms with Crippen molar-refractivity contribution >= 4 is 28.2 Å². The summed E-state index contributed by atoms with van der Waals surface area (Å²) in [7, 11) is 0. The van der Waals surface area contributed by atoms with Crippen LogP contribution in [0, 0.1) is 6.92 Å². The fourth-order valence-corrected chi connectivity index (χ4v) is 5.94. The number of allylic oxidation sites excluding steroid dienone is 2. The molecule has 4 aromatic rings. The number of hydrogen-bond acceptors (Lipinski definition) is 3. The number of hydrogen-bond donors (Lipinski definition) is 0. The Kier molecular flexibility index (Phi) is 11.9. The number of nitrogens with zero attached hydrogens (tertiary/aromatic N) is 3. The van der Waals surface area contributed by atoms with Crippen LogP contribution in [-0.2, 0) is 0 Å². The molecule has 230 valence electrons. The number of aryl methyl sites for hydroxylation is 1. The van der Waals surface area contributed by atoms with Crippen molar-refractivity contribution in [2.75, 3.05) is 54.0 Å². The van der Waals surface area contributed by atoms with Crippen LogP contribution in [0.5, 0.6) is 0 Å². The van der Waals surface area contributed by atoms with Crippen LogP contribution in [-0.4, -0.2) is 39.3 Å². The molecule has 0 aromatic heterocycles. The predicted molar refractivity (Wildman–Crippen MR) is 195 cm³/mol. The fraction of sp³-hybridized carbons (Fsp3) is 0.317. The summed E-state index contributed by atoms with van der Waals surface area (Å²) in [6.07, 6.45) is 4.62. The zero-order valence-electron chi connectivity index (χ0n) is 28.0. The Bertz CT molecular complexity index is 1430. The summed E-state index contributed by atoms with van der Waals surface area (Å²) >= 11 is 0. The van der Waals surface area contributed by atoms with Gasteiger partial charge < -0.3 is 14.7 Å². The van der Waals surface area contributed by atoms with Crippen molar-refractivity contribution in [2.24, 2.45) is 0 Å². The molecule has 0 N–H and O–H groups in total. The molecule has 4 rings (SSSR count). The molecule has 0 fully saturated rings. The van der Waals surface area contributed by atoms with E-state index in [4.69, 9.17) is 0 Å². The Balaban J connectivity index is 1.85. The first-order valence-corrected chi connectivity index (χ1v) is 16.5. The van der Waals surface area contributed by atoms with Gasteiger partial charge >= 0.3 is 0 Å². The van der Waals surface area contributed by atoms with Crippen LogP contribution in [0.1, 0.15) is 69.4 Å². The van der Waals surface area contributed by atoms with Gasteiger partial charge in [0.2, 0.25) is 0 Å². The lowest BCUT2D eigenvalue weighted by Gasteiger charge is -2.22. The lowest BCUT2D eigenvalue weighted by Crippen LogP contribution is -2.21. The Morgan fingerprint density at radius 2 is 0.614 bits per heavy atom. The van der Waals surface area contributed by atoms with Gasteiger partial charge in [-0.3, -0.25) is 0 Å². The van der Waals surface area contributed by atoms with Gasteiger partial charge in [-0.15, -0.1) is 0 Å². The molecule has 0 amide bonds. The van der Waals surface area contributed by atoms with E-state index < -0.39 is 0 Å². The maximum atomic E-state index is 2.39. The van der Waals surface area contributed by atoms with E-state index in [1.807, 2.05) is 0 Å². The molecule has 0 atom stereocenters. The molecule has 3 nitrogen and oxygen atoms in total. The highest BCUT2D eigenvalue weighted by atomic mass is 15.1. The summed E-state index contributed by atoms with van der Waals surface area (Å²) in [5, 5.41) is 0. The van der Waals surface area contributed by atoms with Gasteiger partial charge in [0, 0.05) is 56.3 Å². The molecule has 0 unspecified atom stereocenters. The molecule has 0 spiro atoms. The molecule has 0 heterocycles. The van der Waals surface area contributed by atoms with E-state index in [2.05, 4.69) is 172 Å². The average Bonchev–Trinajstić information content (AvgIpc) is 3.07. The van der Waals surface area contributed by atoms with Crippen LogP contribution in [0.15, 0.2) is 109 Å². The minimum Gasteiger partial charge on any atom is -0.372 e. The number of rotatable bonds is 14. The van der Waals surface area contributed by atoms with Crippen molar-refractivity contribution in [1.29, 1.82) is 0 Å². The Morgan fingerprint density at radius 3 is 0.841 bits per heavy atom. The standard InChI is InChI=1S/C41H51N3/c1-8-42(9-2)37-24-18-34(19-25-37)40(33-16-14-32(7)15-17-33)30-31-41(35-20-26-38(27-21-35)43(10-3)11-4)36-22-28-39(29-23-36)44(12-5)13-6/h14-31H,8-13H2,1-7H3/b40-30+. The molecular weight excluding hydrogens is 534 g/mol. The normalized spacial score (nSPS) is 11.3. The van der Waals surface area contributed by atoms with Crippen molar-refractivity contribution in [3.8, 4) is 0 Å². The topological polar surface area (TPSA) is 9.72 Å². The third kappa shape index (κ3) is 7.82. The lowest BCUT2D eigenvalue weighted by molar-refractivity contribution is 0.866. The van der Waals surface area contributed by atoms with Gasteiger partial charge in [-0.25, -0.2) is 0 Å². The summed E-state index contributed by atoms with van der Waals surface area (Å²) in [6, 6.07) is 36.1. The zero-order chi connectivity index (χ0) is 31.5. The van der Waals surface area contributed by atoms with Gasteiger partial charge in [-0.2, -0.15) is 0 Å². The molecule has 0 radical (unpaired) electrons. The molecule has 0 aliphatic heterocycles. The maximum absolute atomic E-state index is 2.39. The summed E-state index contributed by atoms with van der Waals surface area (Å²) in [6.45, 7) is 21.4. The maximum Gasteiger partial charge on any atom is 0.0366 e. The Labute approximate surface area is 267 Å². The van der Waals surface area contributed by atoms with Crippen LogP contribution < -0.4 is 14.7 Å². The van der Waals surface area contributed by atoms with E-state index in [9.17, 15) is 0 Å². The summed E-state index contributed by atoms with van der Waals surface area (Å²) in [5.74, 6) is 0. The van der Waals surface area contributed by atoms with E-state index in [0.717, 1.165) is 39.3 Å². The van der Waals surface area contributed by atoms with E-state index >= 15 is 0 Å². The molecule has 0 aliphatic rings. The molecular formula is C41H51N3. The van der Waals surface area contributed by atoms with Crippen molar-refractivity contribution in [3.05, 3.63) is 137 Å². The second-order valence-electron chi connectivity index (χ2n) is 11.2. The van der Waals surface area contributed by atoms with Gasteiger partial charge in [0.1, 0.15) is 0 Å². The first-order valence-electron chi connectivity index (χ1n) is 16.5. The average molecular weight is 586 g/mol. The lowest BCUT2D eigenvalue weighted by atomic mass is 9.93. The minimum atomic E-state index is 1.00. The highest BCUT2D eigenvalue weighted by molar-refractivity contribution is 5.87. The first-order chi connectivity index (χ1) is 21.5. The molecule has 0 bridgehead atoms. The first kappa shape index (κ1) is 32.7. The van der Waals surface area contributed by atoms with Gasteiger partial charge in [0.05, 0.1) is 0 Å². The molecule has 4 aromatic carbocycles. The molecule has 3 heteroatoms. The van der Waals surface area contributed by atoms with Gasteiger partial charge in [0.15, 0.2) is 0 Å². The van der Waals surface area contributed by atoms with E-state index in [1.54, 1.807) is 0 Å². The molecule has 44 heavy (non-hydrogen) atoms. The Morgan fingerprint density at radius 1 is 0.386 bits per heavy atom. The van der Waals surface area contributed by atoms with Crippen LogP contribution in [0.25, 0.3) is 11.1 Å². The zero-order valence-corrected chi connectivity index (χ0v) is 28.0. The van der Waals surface area contributed by atoms with Gasteiger partial charge in [0.25, 0.3) is 0 Å². The van der Waals surface area contributed by atoms with Crippen LogP contribution >= 0.6 is 0 Å². The molecule has 0 saturated carbocycles. The van der Waals surface area contributed by atoms with Crippen LogP contribution in [0.4, 0.5) is 17.1 Å². The molecule has 0 aliphatic carbocycles. The summed E-state index contributed by atoms with van der Waals surface area (Å²) in [5.41, 5.74) is 12.4. The van der Waals surface area contributed by atoms with E-state index in [-0.39, 0.29) is 0 Å². The number of anilines is 3. The third-order valence-corrected chi connectivity index (χ3v) is 8.70. The highest BCUT2D eigenvalue weighted by Gasteiger charge is 2.11. The van der Waals surface area contributed by atoms with Crippen LogP contribution in [0.3, 0.4) is 0 Å². The largest absolute Gasteiger partial charge is 0.372 e. The minimum absolute atomic E-state index is 1.00. The van der Waals surface area contributed by atoms with Gasteiger partial charge in [-0.05, 0) is 118 Å². The predicted octanol–water partition coefficient (Wildman–Crippen LogP) is 10.1. The van der Waals surface area contributed by atoms with E-state index in [0.29, 0.717) is 0 Å². The highest BCUT2D eigenvalue weighted by Crippen LogP contribution is 2.31. The summed E-state index contributed by atoms with van der Waals surface area (Å²) in [4.78, 5) is 7.17. The Hall–Kier alpha value is -4.24. The second kappa shape index (κ2) is 16.0. The summed E-state index contributed by atoms with van der Waals surface area (Å²) < 4.78 is 0. The fourth-order valence-electron chi connectivity index (χ4n) is 5.94. The van der Waals surface area contributed by atoms with Gasteiger partial charge in [-0.1, -0.05) is 78.4 Å². The second-order valence-corrected chi connectivity index (χ2v) is 11.2. The van der Waals surface area contributed by atoms with Crippen molar-refractivity contribution in [3.63, 3.8) is 0 Å². The quantitative estimate of drug-likeness (QED) is 0.136. The van der Waals surface area contributed by atoms with Crippen molar-refractivity contribution in [2.45, 2.75) is 48.5 Å². The SMILES string of the molecule is CCN(CC)c1ccc(C(=C/C=C(\c2ccc(C)cc2)c2ccc(N(CC)CC)cc2)c2ccc(N(CC)CC)cc2)cc1. The monoisotopic (exact) mass is 585 g/mol. The third-order valence-electron chi connectivity index (χ3n) is 8.70. The molecule has 0 saturated heterocycles. The van der Waals surface area contributed by atoms with E-state index in [1.165, 1.54) is 56.0 Å². The van der Waals surface area contributed by atoms with Crippen molar-refractivity contribution in [1.82, 2.24) is 0 Å². The van der Waals surface area contributed by atoms with Crippen molar-refractivity contribution < 1.29 is 0 Å². The van der Waals surface area contributed by atoms with Crippen LogP contribution in [0.2, 0.25) is 0 Å².